The zero-order chi connectivity index (χ0) is 24.8. The molecule has 35 heavy (non-hydrogen) atoms. The zero-order valence-electron chi connectivity index (χ0n) is 19.1. The van der Waals surface area contributed by atoms with Crippen LogP contribution in [-0.2, 0) is 19.1 Å². The molecular weight excluding hydrogens is 468 g/mol. The van der Waals surface area contributed by atoms with E-state index in [4.69, 9.17) is 9.47 Å². The quantitative estimate of drug-likeness (QED) is 0.394. The summed E-state index contributed by atoms with van der Waals surface area (Å²) < 4.78 is 10.6. The van der Waals surface area contributed by atoms with Gasteiger partial charge in [0.05, 0.1) is 19.1 Å². The third-order valence-electron chi connectivity index (χ3n) is 5.87. The summed E-state index contributed by atoms with van der Waals surface area (Å²) in [6.45, 7) is 0.0122. The van der Waals surface area contributed by atoms with Crippen molar-refractivity contribution in [1.29, 1.82) is 0 Å². The highest BCUT2D eigenvalue weighted by molar-refractivity contribution is 7.10. The monoisotopic (exact) mass is 494 g/mol. The van der Waals surface area contributed by atoms with Crippen molar-refractivity contribution in [3.63, 3.8) is 0 Å². The van der Waals surface area contributed by atoms with E-state index in [9.17, 15) is 19.5 Å². The number of thiophene rings is 1. The van der Waals surface area contributed by atoms with Crippen molar-refractivity contribution in [2.24, 2.45) is 0 Å². The highest BCUT2D eigenvalue weighted by atomic mass is 32.1. The molecule has 0 bridgehead atoms. The van der Waals surface area contributed by atoms with Crippen LogP contribution in [0.1, 0.15) is 34.4 Å². The molecule has 1 aromatic heterocycles. The molecule has 3 N–H and O–H groups in total. The number of hydrogen-bond donors (Lipinski definition) is 3. The Labute approximate surface area is 206 Å². The number of alkyl carbamates (subject to hydrolysis) is 1. The Morgan fingerprint density at radius 1 is 0.971 bits per heavy atom. The van der Waals surface area contributed by atoms with E-state index in [1.165, 1.54) is 18.4 Å². The van der Waals surface area contributed by atoms with Gasteiger partial charge in [0.1, 0.15) is 12.6 Å². The second kappa shape index (κ2) is 11.2. The van der Waals surface area contributed by atoms with Crippen LogP contribution in [-0.4, -0.2) is 49.4 Å². The van der Waals surface area contributed by atoms with Gasteiger partial charge in [-0.2, -0.15) is 0 Å². The molecule has 0 radical (unpaired) electrons. The first kappa shape index (κ1) is 24.4. The standard InChI is InChI=1S/C26H26N2O6S/c1-33-15-22(25(31)27-21(13-24(29)30)23-11-6-12-35-23)28-26(32)34-14-20-18-9-4-2-7-16(18)17-8-3-5-10-19(17)20/h2-12,20-22H,13-15H2,1H3,(H,27,31)(H,28,32)(H,29,30). The number of nitrogens with one attached hydrogen (secondary N) is 2. The van der Waals surface area contributed by atoms with Crippen LogP contribution < -0.4 is 10.6 Å². The molecule has 2 atom stereocenters. The predicted molar refractivity (Wildman–Crippen MR) is 131 cm³/mol. The van der Waals surface area contributed by atoms with Gasteiger partial charge in [0.2, 0.25) is 5.91 Å². The number of benzene rings is 2. The van der Waals surface area contributed by atoms with E-state index >= 15 is 0 Å². The van der Waals surface area contributed by atoms with Crippen molar-refractivity contribution < 1.29 is 29.0 Å². The first-order valence-electron chi connectivity index (χ1n) is 11.1. The van der Waals surface area contributed by atoms with Gasteiger partial charge in [-0.15, -0.1) is 11.3 Å². The molecule has 0 saturated carbocycles. The van der Waals surface area contributed by atoms with E-state index < -0.39 is 30.1 Å². The van der Waals surface area contributed by atoms with E-state index in [0.717, 1.165) is 22.3 Å². The van der Waals surface area contributed by atoms with Gasteiger partial charge in [0, 0.05) is 17.9 Å². The number of hydrogen-bond acceptors (Lipinski definition) is 6. The van der Waals surface area contributed by atoms with Gasteiger partial charge < -0.3 is 25.2 Å². The average molecular weight is 495 g/mol. The van der Waals surface area contributed by atoms with E-state index in [1.807, 2.05) is 48.5 Å². The summed E-state index contributed by atoms with van der Waals surface area (Å²) >= 11 is 1.34. The Morgan fingerprint density at radius 3 is 2.20 bits per heavy atom. The van der Waals surface area contributed by atoms with E-state index in [-0.39, 0.29) is 25.6 Å². The molecule has 1 heterocycles. The molecule has 0 spiro atoms. The molecule has 182 valence electrons. The average Bonchev–Trinajstić information content (AvgIpc) is 3.49. The van der Waals surface area contributed by atoms with Crippen molar-refractivity contribution in [3.05, 3.63) is 82.0 Å². The molecule has 9 heteroatoms. The van der Waals surface area contributed by atoms with Crippen molar-refractivity contribution in [3.8, 4) is 11.1 Å². The summed E-state index contributed by atoms with van der Waals surface area (Å²) in [6, 6.07) is 17.8. The fraction of sp³-hybridized carbons (Fsp3) is 0.269. The van der Waals surface area contributed by atoms with E-state index in [0.29, 0.717) is 4.88 Å². The molecule has 0 aliphatic heterocycles. The number of carbonyl (C=O) groups excluding carboxylic acids is 2. The molecule has 2 unspecified atom stereocenters. The minimum atomic E-state index is -1.05. The first-order chi connectivity index (χ1) is 17.0. The lowest BCUT2D eigenvalue weighted by Crippen LogP contribution is -2.50. The Morgan fingerprint density at radius 2 is 1.63 bits per heavy atom. The summed E-state index contributed by atoms with van der Waals surface area (Å²) in [7, 11) is 1.41. The third kappa shape index (κ3) is 5.70. The number of fused-ring (bicyclic) bond motifs is 3. The van der Waals surface area contributed by atoms with Crippen molar-refractivity contribution in [2.75, 3.05) is 20.3 Å². The lowest BCUT2D eigenvalue weighted by molar-refractivity contribution is -0.137. The molecule has 8 nitrogen and oxygen atoms in total. The first-order valence-corrected chi connectivity index (χ1v) is 12.0. The van der Waals surface area contributed by atoms with E-state index in [1.54, 1.807) is 17.5 Å². The molecule has 2 amide bonds. The fourth-order valence-electron chi connectivity index (χ4n) is 4.29. The van der Waals surface area contributed by atoms with Gasteiger partial charge in [0.15, 0.2) is 0 Å². The highest BCUT2D eigenvalue weighted by Crippen LogP contribution is 2.44. The lowest BCUT2D eigenvalue weighted by atomic mass is 9.98. The fourth-order valence-corrected chi connectivity index (χ4v) is 5.07. The van der Waals surface area contributed by atoms with Crippen LogP contribution in [0.4, 0.5) is 4.79 Å². The second-order valence-electron chi connectivity index (χ2n) is 8.15. The van der Waals surface area contributed by atoms with Crippen LogP contribution in [0.2, 0.25) is 0 Å². The SMILES string of the molecule is COCC(NC(=O)OCC1c2ccccc2-c2ccccc21)C(=O)NC(CC(=O)O)c1cccs1. The maximum Gasteiger partial charge on any atom is 0.407 e. The minimum absolute atomic E-state index is 0.0970. The number of carboxylic acid groups (broad SMARTS) is 1. The predicted octanol–water partition coefficient (Wildman–Crippen LogP) is 3.93. The molecule has 4 rings (SSSR count). The third-order valence-corrected chi connectivity index (χ3v) is 6.85. The minimum Gasteiger partial charge on any atom is -0.481 e. The lowest BCUT2D eigenvalue weighted by Gasteiger charge is -2.22. The number of carbonyl (C=O) groups is 3. The van der Waals surface area contributed by atoms with Gasteiger partial charge in [-0.3, -0.25) is 9.59 Å². The van der Waals surface area contributed by atoms with Crippen LogP contribution in [0.25, 0.3) is 11.1 Å². The number of ether oxygens (including phenoxy) is 2. The van der Waals surface area contributed by atoms with Crippen molar-refractivity contribution in [1.82, 2.24) is 10.6 Å². The smallest absolute Gasteiger partial charge is 0.407 e. The van der Waals surface area contributed by atoms with Crippen molar-refractivity contribution >= 4 is 29.3 Å². The summed E-state index contributed by atoms with van der Waals surface area (Å²) in [5, 5.41) is 16.3. The maximum absolute atomic E-state index is 12.9. The Kier molecular flexibility index (Phi) is 7.79. The number of methoxy groups -OCH3 is 1. The Hall–Kier alpha value is -3.69. The van der Waals surface area contributed by atoms with Gasteiger partial charge in [-0.25, -0.2) is 4.79 Å². The Balaban J connectivity index is 1.40. The van der Waals surface area contributed by atoms with Crippen LogP contribution in [0.3, 0.4) is 0 Å². The normalized spacial score (nSPS) is 13.9. The van der Waals surface area contributed by atoms with Crippen LogP contribution >= 0.6 is 11.3 Å². The largest absolute Gasteiger partial charge is 0.481 e. The van der Waals surface area contributed by atoms with Crippen molar-refractivity contribution in [2.45, 2.75) is 24.4 Å². The maximum atomic E-state index is 12.9. The summed E-state index contributed by atoms with van der Waals surface area (Å²) in [5.74, 6) is -1.71. The number of rotatable bonds is 10. The number of aliphatic carboxylic acids is 1. The summed E-state index contributed by atoms with van der Waals surface area (Å²) in [5.41, 5.74) is 4.40. The van der Waals surface area contributed by atoms with Gasteiger partial charge >= 0.3 is 12.1 Å². The molecular formula is C26H26N2O6S. The molecule has 1 aliphatic carbocycles. The van der Waals surface area contributed by atoms with E-state index in [2.05, 4.69) is 10.6 Å². The molecule has 0 fully saturated rings. The zero-order valence-corrected chi connectivity index (χ0v) is 19.9. The Bertz CT molecular complexity index is 1150. The molecule has 2 aromatic carbocycles. The topological polar surface area (TPSA) is 114 Å². The summed E-state index contributed by atoms with van der Waals surface area (Å²) in [4.78, 5) is 37.5. The van der Waals surface area contributed by atoms with Gasteiger partial charge in [-0.05, 0) is 33.7 Å². The van der Waals surface area contributed by atoms with Gasteiger partial charge in [-0.1, -0.05) is 54.6 Å². The molecule has 0 saturated heterocycles. The van der Waals surface area contributed by atoms with Crippen LogP contribution in [0, 0.1) is 0 Å². The van der Waals surface area contributed by atoms with Crippen LogP contribution in [0.5, 0.6) is 0 Å². The number of carboxylic acids is 1. The molecule has 1 aliphatic rings. The highest BCUT2D eigenvalue weighted by Gasteiger charge is 2.30. The summed E-state index contributed by atoms with van der Waals surface area (Å²) in [6.07, 6.45) is -1.04. The number of amides is 2. The van der Waals surface area contributed by atoms with Crippen LogP contribution in [0.15, 0.2) is 66.0 Å². The molecule has 3 aromatic rings. The van der Waals surface area contributed by atoms with Gasteiger partial charge in [0.25, 0.3) is 0 Å². The second-order valence-corrected chi connectivity index (χ2v) is 9.13.